The van der Waals surface area contributed by atoms with Crippen LogP contribution in [-0.4, -0.2) is 36.2 Å². The number of amides is 1. The maximum Gasteiger partial charge on any atom is 0.306 e. The van der Waals surface area contributed by atoms with E-state index in [9.17, 15) is 9.59 Å². The van der Waals surface area contributed by atoms with Crippen LogP contribution in [0.2, 0.25) is 0 Å². The molecule has 0 aromatic carbocycles. The van der Waals surface area contributed by atoms with E-state index in [1.54, 1.807) is 0 Å². The molecule has 108 valence electrons. The van der Waals surface area contributed by atoms with E-state index in [0.29, 0.717) is 18.8 Å². The van der Waals surface area contributed by atoms with Gasteiger partial charge in [0.2, 0.25) is 5.91 Å². The van der Waals surface area contributed by atoms with Crippen molar-refractivity contribution in [1.82, 2.24) is 5.32 Å². The molecule has 3 atom stereocenters. The van der Waals surface area contributed by atoms with Crippen molar-refractivity contribution in [3.8, 4) is 0 Å². The number of aliphatic carboxylic acids is 1. The topological polar surface area (TPSA) is 75.6 Å². The monoisotopic (exact) mass is 269 g/mol. The lowest BCUT2D eigenvalue weighted by Crippen LogP contribution is -2.40. The maximum atomic E-state index is 12.2. The molecule has 0 radical (unpaired) electrons. The van der Waals surface area contributed by atoms with Crippen molar-refractivity contribution >= 4 is 11.9 Å². The summed E-state index contributed by atoms with van der Waals surface area (Å²) in [6, 6.07) is 0.0379. The molecule has 0 aromatic rings. The zero-order valence-corrected chi connectivity index (χ0v) is 11.4. The molecular weight excluding hydrogens is 246 g/mol. The van der Waals surface area contributed by atoms with Crippen molar-refractivity contribution in [2.24, 2.45) is 17.8 Å². The molecule has 0 aromatic heterocycles. The van der Waals surface area contributed by atoms with Crippen LogP contribution in [0.3, 0.4) is 0 Å². The van der Waals surface area contributed by atoms with Crippen molar-refractivity contribution < 1.29 is 19.4 Å². The summed E-state index contributed by atoms with van der Waals surface area (Å²) in [5.41, 5.74) is 0. The number of ether oxygens (including phenoxy) is 1. The minimum atomic E-state index is -0.741. The molecule has 1 unspecified atom stereocenters. The average molecular weight is 269 g/mol. The van der Waals surface area contributed by atoms with Crippen LogP contribution in [0.25, 0.3) is 0 Å². The van der Waals surface area contributed by atoms with Crippen LogP contribution in [-0.2, 0) is 14.3 Å². The van der Waals surface area contributed by atoms with Gasteiger partial charge in [-0.2, -0.15) is 0 Å². The molecule has 0 spiro atoms. The first-order valence-electron chi connectivity index (χ1n) is 7.19. The highest BCUT2D eigenvalue weighted by molar-refractivity contribution is 5.79. The van der Waals surface area contributed by atoms with Crippen LogP contribution in [0.1, 0.15) is 39.0 Å². The van der Waals surface area contributed by atoms with E-state index in [-0.39, 0.29) is 23.8 Å². The molecule has 2 aliphatic rings. The maximum absolute atomic E-state index is 12.2. The Balaban J connectivity index is 1.79. The quantitative estimate of drug-likeness (QED) is 0.809. The number of carbonyl (C=O) groups is 2. The molecule has 1 aliphatic carbocycles. The van der Waals surface area contributed by atoms with Crippen molar-refractivity contribution in [2.45, 2.75) is 45.1 Å². The van der Waals surface area contributed by atoms with Gasteiger partial charge in [0.15, 0.2) is 0 Å². The number of rotatable bonds is 4. The van der Waals surface area contributed by atoms with Crippen LogP contribution >= 0.6 is 0 Å². The third-order valence-electron chi connectivity index (χ3n) is 4.51. The summed E-state index contributed by atoms with van der Waals surface area (Å²) in [5.74, 6) is -0.570. The molecule has 1 amide bonds. The summed E-state index contributed by atoms with van der Waals surface area (Å²) in [7, 11) is 0. The standard InChI is InChI=1S/C14H23NO4/c1-9(10-4-6-19-7-5-10)13(16)15-12-3-2-11(8-12)14(17)18/h9-12H,2-8H2,1H3,(H,15,16)(H,17,18)/t9?,11-,12+/m1/s1. The van der Waals surface area contributed by atoms with Gasteiger partial charge in [0.25, 0.3) is 0 Å². The van der Waals surface area contributed by atoms with Crippen molar-refractivity contribution in [2.75, 3.05) is 13.2 Å². The zero-order chi connectivity index (χ0) is 13.8. The Bertz CT molecular complexity index is 338. The van der Waals surface area contributed by atoms with Crippen LogP contribution in [0, 0.1) is 17.8 Å². The van der Waals surface area contributed by atoms with Gasteiger partial charge in [-0.25, -0.2) is 0 Å². The van der Waals surface area contributed by atoms with Gasteiger partial charge in [-0.1, -0.05) is 6.92 Å². The predicted molar refractivity (Wildman–Crippen MR) is 69.6 cm³/mol. The molecular formula is C14H23NO4. The number of hydrogen-bond donors (Lipinski definition) is 2. The van der Waals surface area contributed by atoms with Crippen molar-refractivity contribution in [3.05, 3.63) is 0 Å². The first-order chi connectivity index (χ1) is 9.08. The van der Waals surface area contributed by atoms with E-state index >= 15 is 0 Å². The first kappa shape index (κ1) is 14.3. The second-order valence-corrected chi connectivity index (χ2v) is 5.79. The Morgan fingerprint density at radius 1 is 1.21 bits per heavy atom. The predicted octanol–water partition coefficient (Wildman–Crippen LogP) is 1.42. The molecule has 1 saturated heterocycles. The fraction of sp³-hybridized carbons (Fsp3) is 0.857. The number of carboxylic acids is 1. The van der Waals surface area contributed by atoms with E-state index in [1.165, 1.54) is 0 Å². The number of nitrogens with one attached hydrogen (secondary N) is 1. The number of hydrogen-bond acceptors (Lipinski definition) is 3. The Morgan fingerprint density at radius 2 is 1.89 bits per heavy atom. The smallest absolute Gasteiger partial charge is 0.306 e. The van der Waals surface area contributed by atoms with Gasteiger partial charge >= 0.3 is 5.97 Å². The van der Waals surface area contributed by atoms with E-state index in [4.69, 9.17) is 9.84 Å². The van der Waals surface area contributed by atoms with E-state index < -0.39 is 5.97 Å². The molecule has 0 bridgehead atoms. The lowest BCUT2D eigenvalue weighted by molar-refractivity contribution is -0.141. The second-order valence-electron chi connectivity index (χ2n) is 5.79. The zero-order valence-electron chi connectivity index (χ0n) is 11.4. The van der Waals surface area contributed by atoms with Crippen molar-refractivity contribution in [1.29, 1.82) is 0 Å². The second kappa shape index (κ2) is 6.37. The third kappa shape index (κ3) is 3.69. The summed E-state index contributed by atoms with van der Waals surface area (Å²) >= 11 is 0. The van der Waals surface area contributed by atoms with Gasteiger partial charge in [0, 0.05) is 25.2 Å². The van der Waals surface area contributed by atoms with Gasteiger partial charge in [0.05, 0.1) is 5.92 Å². The fourth-order valence-corrected chi connectivity index (χ4v) is 3.10. The summed E-state index contributed by atoms with van der Waals surface area (Å²) in [5, 5.41) is 12.0. The highest BCUT2D eigenvalue weighted by Crippen LogP contribution is 2.27. The van der Waals surface area contributed by atoms with Crippen LogP contribution in [0.5, 0.6) is 0 Å². The molecule has 1 saturated carbocycles. The highest BCUT2D eigenvalue weighted by Gasteiger charge is 2.33. The molecule has 1 aliphatic heterocycles. The van der Waals surface area contributed by atoms with Crippen LogP contribution in [0.4, 0.5) is 0 Å². The summed E-state index contributed by atoms with van der Waals surface area (Å²) in [4.78, 5) is 23.1. The van der Waals surface area contributed by atoms with Gasteiger partial charge < -0.3 is 15.2 Å². The van der Waals surface area contributed by atoms with Gasteiger partial charge in [0.1, 0.15) is 0 Å². The molecule has 5 heteroatoms. The summed E-state index contributed by atoms with van der Waals surface area (Å²) in [6.07, 6.45) is 3.91. The normalized spacial score (nSPS) is 29.9. The van der Waals surface area contributed by atoms with E-state index in [2.05, 4.69) is 5.32 Å². The Morgan fingerprint density at radius 3 is 2.47 bits per heavy atom. The largest absolute Gasteiger partial charge is 0.481 e. The van der Waals surface area contributed by atoms with Crippen LogP contribution < -0.4 is 5.32 Å². The minimum Gasteiger partial charge on any atom is -0.481 e. The Labute approximate surface area is 113 Å². The number of carboxylic acid groups (broad SMARTS) is 1. The minimum absolute atomic E-state index is 0.00669. The molecule has 2 fully saturated rings. The molecule has 2 rings (SSSR count). The van der Waals surface area contributed by atoms with E-state index in [1.807, 2.05) is 6.92 Å². The Hall–Kier alpha value is -1.10. The molecule has 1 heterocycles. The SMILES string of the molecule is CC(C(=O)N[C@H]1CC[C@@H](C(=O)O)C1)C1CCOCC1. The fourth-order valence-electron chi connectivity index (χ4n) is 3.10. The third-order valence-corrected chi connectivity index (χ3v) is 4.51. The summed E-state index contributed by atoms with van der Waals surface area (Å²) in [6.45, 7) is 3.45. The van der Waals surface area contributed by atoms with Crippen LogP contribution in [0.15, 0.2) is 0 Å². The number of carbonyl (C=O) groups excluding carboxylic acids is 1. The lowest BCUT2D eigenvalue weighted by Gasteiger charge is -2.28. The van der Waals surface area contributed by atoms with Gasteiger partial charge in [-0.05, 0) is 38.0 Å². The van der Waals surface area contributed by atoms with Gasteiger partial charge in [-0.15, -0.1) is 0 Å². The molecule has 2 N–H and O–H groups in total. The van der Waals surface area contributed by atoms with Crippen molar-refractivity contribution in [3.63, 3.8) is 0 Å². The lowest BCUT2D eigenvalue weighted by atomic mass is 9.86. The first-order valence-corrected chi connectivity index (χ1v) is 7.19. The van der Waals surface area contributed by atoms with Gasteiger partial charge in [-0.3, -0.25) is 9.59 Å². The Kier molecular flexibility index (Phi) is 4.80. The van der Waals surface area contributed by atoms with E-state index in [0.717, 1.165) is 32.5 Å². The highest BCUT2D eigenvalue weighted by atomic mass is 16.5. The average Bonchev–Trinajstić information content (AvgIpc) is 2.87. The molecule has 5 nitrogen and oxygen atoms in total. The molecule has 19 heavy (non-hydrogen) atoms. The summed E-state index contributed by atoms with van der Waals surface area (Å²) < 4.78 is 5.31.